The van der Waals surface area contributed by atoms with Crippen LogP contribution in [0.4, 0.5) is 0 Å². The average molecular weight is 276 g/mol. The zero-order chi connectivity index (χ0) is 14.6. The molecule has 108 valence electrons. The van der Waals surface area contributed by atoms with Crippen LogP contribution in [0.3, 0.4) is 0 Å². The van der Waals surface area contributed by atoms with Crippen molar-refractivity contribution in [2.24, 2.45) is 0 Å². The maximum atomic E-state index is 11.8. The van der Waals surface area contributed by atoms with E-state index in [1.807, 2.05) is 30.4 Å². The first kappa shape index (κ1) is 14.6. The third kappa shape index (κ3) is 3.84. The molecular formula is C16H20O4. The molecule has 1 atom stereocenters. The van der Waals surface area contributed by atoms with Gasteiger partial charge in [0.25, 0.3) is 0 Å². The molecule has 2 aliphatic rings. The minimum absolute atomic E-state index is 0.0344. The second-order valence-corrected chi connectivity index (χ2v) is 5.08. The smallest absolute Gasteiger partial charge is 0.370 e. The first-order valence-corrected chi connectivity index (χ1v) is 6.75. The third-order valence-electron chi connectivity index (χ3n) is 3.03. The summed E-state index contributed by atoms with van der Waals surface area (Å²) >= 11 is 0. The van der Waals surface area contributed by atoms with E-state index < -0.39 is 11.9 Å². The highest BCUT2D eigenvalue weighted by molar-refractivity contribution is 5.87. The number of carbonyl (C=O) groups excluding carboxylic acids is 1. The Labute approximate surface area is 119 Å². The van der Waals surface area contributed by atoms with Crippen LogP contribution in [-0.4, -0.2) is 18.0 Å². The van der Waals surface area contributed by atoms with Gasteiger partial charge < -0.3 is 14.2 Å². The second-order valence-electron chi connectivity index (χ2n) is 5.08. The first-order valence-electron chi connectivity index (χ1n) is 6.75. The zero-order valence-electron chi connectivity index (χ0n) is 11.9. The Bertz CT molecular complexity index is 473. The van der Waals surface area contributed by atoms with Crippen LogP contribution in [0.25, 0.3) is 0 Å². The van der Waals surface area contributed by atoms with Crippen LogP contribution in [0.5, 0.6) is 0 Å². The van der Waals surface area contributed by atoms with E-state index in [4.69, 9.17) is 14.2 Å². The van der Waals surface area contributed by atoms with Gasteiger partial charge >= 0.3 is 11.9 Å². The molecule has 4 nitrogen and oxygen atoms in total. The van der Waals surface area contributed by atoms with E-state index in [2.05, 4.69) is 6.58 Å². The predicted molar refractivity (Wildman–Crippen MR) is 75.5 cm³/mol. The summed E-state index contributed by atoms with van der Waals surface area (Å²) in [5, 5.41) is 0. The van der Waals surface area contributed by atoms with Crippen LogP contribution in [0.2, 0.25) is 0 Å². The molecule has 0 aromatic rings. The third-order valence-corrected chi connectivity index (χ3v) is 3.03. The van der Waals surface area contributed by atoms with Crippen molar-refractivity contribution in [3.63, 3.8) is 0 Å². The summed E-state index contributed by atoms with van der Waals surface area (Å²) < 4.78 is 16.9. The highest BCUT2D eigenvalue weighted by Gasteiger charge is 2.37. The molecular weight excluding hydrogens is 256 g/mol. The quantitative estimate of drug-likeness (QED) is 0.323. The minimum Gasteiger partial charge on any atom is -0.434 e. The number of hydrogen-bond donors (Lipinski definition) is 0. The van der Waals surface area contributed by atoms with Crippen molar-refractivity contribution in [1.29, 1.82) is 0 Å². The lowest BCUT2D eigenvalue weighted by Crippen LogP contribution is -2.40. The van der Waals surface area contributed by atoms with Crippen molar-refractivity contribution < 1.29 is 19.0 Å². The zero-order valence-corrected chi connectivity index (χ0v) is 11.9. The number of rotatable bonds is 6. The number of hydrogen-bond acceptors (Lipinski definition) is 4. The van der Waals surface area contributed by atoms with Gasteiger partial charge in [0.1, 0.15) is 5.76 Å². The van der Waals surface area contributed by atoms with Crippen molar-refractivity contribution in [3.05, 3.63) is 48.3 Å². The Morgan fingerprint density at radius 3 is 2.60 bits per heavy atom. The summed E-state index contributed by atoms with van der Waals surface area (Å²) in [5.41, 5.74) is 0.312. The van der Waals surface area contributed by atoms with Crippen LogP contribution < -0.4 is 0 Å². The van der Waals surface area contributed by atoms with Gasteiger partial charge in [-0.1, -0.05) is 30.9 Å². The lowest BCUT2D eigenvalue weighted by molar-refractivity contribution is -0.350. The van der Waals surface area contributed by atoms with Gasteiger partial charge in [-0.05, 0) is 25.8 Å². The molecule has 0 heterocycles. The van der Waals surface area contributed by atoms with Crippen molar-refractivity contribution in [1.82, 2.24) is 0 Å². The number of carbonyl (C=O) groups is 1. The topological polar surface area (TPSA) is 44.8 Å². The number of allylic oxidation sites excluding steroid dienone is 3. The molecule has 0 radical (unpaired) electrons. The van der Waals surface area contributed by atoms with Gasteiger partial charge in [0.15, 0.2) is 0 Å². The monoisotopic (exact) mass is 276 g/mol. The largest absolute Gasteiger partial charge is 0.434 e. The van der Waals surface area contributed by atoms with Crippen LogP contribution in [0.1, 0.15) is 33.1 Å². The first-order chi connectivity index (χ1) is 9.48. The summed E-state index contributed by atoms with van der Waals surface area (Å²) in [6.07, 6.45) is 12.0. The normalized spacial score (nSPS) is 20.6. The van der Waals surface area contributed by atoms with Crippen LogP contribution in [-0.2, 0) is 19.0 Å². The Morgan fingerprint density at radius 1 is 1.35 bits per heavy atom. The van der Waals surface area contributed by atoms with E-state index in [0.717, 1.165) is 12.8 Å². The number of esters is 1. The second kappa shape index (κ2) is 6.09. The molecule has 0 saturated heterocycles. The molecule has 4 heteroatoms. The molecule has 2 rings (SSSR count). The van der Waals surface area contributed by atoms with Gasteiger partial charge in [-0.25, -0.2) is 4.79 Å². The van der Waals surface area contributed by atoms with Crippen molar-refractivity contribution in [2.75, 3.05) is 0 Å². The SMILES string of the molecule is C=C(C)C(=O)OC(C)(OC1=CC=CC1)OC1CC=CC1. The fourth-order valence-corrected chi connectivity index (χ4v) is 2.06. The average Bonchev–Trinajstić information content (AvgIpc) is 3.01. The maximum absolute atomic E-state index is 11.8. The van der Waals surface area contributed by atoms with E-state index in [1.54, 1.807) is 13.8 Å². The van der Waals surface area contributed by atoms with E-state index >= 15 is 0 Å². The molecule has 0 fully saturated rings. The van der Waals surface area contributed by atoms with E-state index in [1.165, 1.54) is 0 Å². The summed E-state index contributed by atoms with van der Waals surface area (Å²) in [6.45, 7) is 6.79. The van der Waals surface area contributed by atoms with Crippen LogP contribution >= 0.6 is 0 Å². The summed E-state index contributed by atoms with van der Waals surface area (Å²) in [5.74, 6) is -1.23. The fraction of sp³-hybridized carbons (Fsp3) is 0.438. The molecule has 2 aliphatic carbocycles. The Kier molecular flexibility index (Phi) is 4.45. The lowest BCUT2D eigenvalue weighted by Gasteiger charge is -2.32. The van der Waals surface area contributed by atoms with Crippen molar-refractivity contribution in [2.45, 2.75) is 45.2 Å². The van der Waals surface area contributed by atoms with Gasteiger partial charge in [0, 0.05) is 18.9 Å². The highest BCUT2D eigenvalue weighted by Crippen LogP contribution is 2.28. The highest BCUT2D eigenvalue weighted by atomic mass is 16.9. The van der Waals surface area contributed by atoms with Gasteiger partial charge in [0.05, 0.1) is 6.10 Å². The van der Waals surface area contributed by atoms with E-state index in [0.29, 0.717) is 17.8 Å². The molecule has 0 N–H and O–H groups in total. The molecule has 0 saturated carbocycles. The van der Waals surface area contributed by atoms with Gasteiger partial charge in [-0.3, -0.25) is 0 Å². The molecule has 0 amide bonds. The van der Waals surface area contributed by atoms with Crippen LogP contribution in [0.15, 0.2) is 48.3 Å². The number of ether oxygens (including phenoxy) is 3. The lowest BCUT2D eigenvalue weighted by atomic mass is 10.3. The molecule has 0 bridgehead atoms. The van der Waals surface area contributed by atoms with E-state index in [9.17, 15) is 4.79 Å². The standard InChI is InChI=1S/C16H20O4/c1-12(2)15(17)20-16(3,18-13-8-4-5-9-13)19-14-10-6-7-11-14/h4-8,14H,1,9-11H2,2-3H3. The Morgan fingerprint density at radius 2 is 2.05 bits per heavy atom. The van der Waals surface area contributed by atoms with Gasteiger partial charge in [-0.15, -0.1) is 0 Å². The molecule has 0 spiro atoms. The maximum Gasteiger partial charge on any atom is 0.370 e. The molecule has 0 aromatic carbocycles. The molecule has 0 aromatic heterocycles. The van der Waals surface area contributed by atoms with Gasteiger partial charge in [0.2, 0.25) is 0 Å². The fourth-order valence-electron chi connectivity index (χ4n) is 2.06. The van der Waals surface area contributed by atoms with Crippen molar-refractivity contribution in [3.8, 4) is 0 Å². The summed E-state index contributed by atoms with van der Waals surface area (Å²) in [6, 6.07) is 0. The van der Waals surface area contributed by atoms with E-state index in [-0.39, 0.29) is 6.10 Å². The Hall–Kier alpha value is -1.81. The van der Waals surface area contributed by atoms with Crippen molar-refractivity contribution >= 4 is 5.97 Å². The predicted octanol–water partition coefficient (Wildman–Crippen LogP) is 3.38. The molecule has 0 aliphatic heterocycles. The molecule has 1 unspecified atom stereocenters. The molecule has 20 heavy (non-hydrogen) atoms. The summed E-state index contributed by atoms with van der Waals surface area (Å²) in [7, 11) is 0. The Balaban J connectivity index is 2.04. The summed E-state index contributed by atoms with van der Waals surface area (Å²) in [4.78, 5) is 11.8. The van der Waals surface area contributed by atoms with Gasteiger partial charge in [-0.2, -0.15) is 0 Å². The minimum atomic E-state index is -1.43. The van der Waals surface area contributed by atoms with Crippen LogP contribution in [0, 0.1) is 0 Å².